The second-order valence-electron chi connectivity index (χ2n) is 3.85. The molecule has 1 N–H and O–H groups in total. The SMILES string of the molecule is O=C(O)CC(c1ccc(F)cc1)c1cccnn1. The maximum absolute atomic E-state index is 12.9. The van der Waals surface area contributed by atoms with Crippen LogP contribution in [0, 0.1) is 5.82 Å². The van der Waals surface area contributed by atoms with Gasteiger partial charge in [0.2, 0.25) is 0 Å². The molecule has 0 aliphatic carbocycles. The van der Waals surface area contributed by atoms with Crippen molar-refractivity contribution in [2.24, 2.45) is 0 Å². The van der Waals surface area contributed by atoms with E-state index in [0.29, 0.717) is 11.3 Å². The van der Waals surface area contributed by atoms with E-state index in [4.69, 9.17) is 5.11 Å². The number of carboxylic acids is 1. The molecule has 0 bridgehead atoms. The minimum atomic E-state index is -0.935. The molecule has 5 heteroatoms. The van der Waals surface area contributed by atoms with Gasteiger partial charge in [0.05, 0.1) is 12.1 Å². The van der Waals surface area contributed by atoms with Crippen LogP contribution in [-0.4, -0.2) is 21.3 Å². The maximum atomic E-state index is 12.9. The summed E-state index contributed by atoms with van der Waals surface area (Å²) < 4.78 is 12.9. The molecule has 0 aliphatic heterocycles. The third kappa shape index (κ3) is 2.88. The van der Waals surface area contributed by atoms with Gasteiger partial charge in [-0.1, -0.05) is 12.1 Å². The van der Waals surface area contributed by atoms with Crippen LogP contribution in [0.3, 0.4) is 0 Å². The first-order valence-corrected chi connectivity index (χ1v) is 5.41. The van der Waals surface area contributed by atoms with Crippen LogP contribution >= 0.6 is 0 Å². The molecule has 18 heavy (non-hydrogen) atoms. The van der Waals surface area contributed by atoms with Gasteiger partial charge < -0.3 is 5.11 Å². The Labute approximate surface area is 103 Å². The predicted octanol–water partition coefficient (Wildman–Crippen LogP) is 2.22. The Balaban J connectivity index is 2.36. The fraction of sp³-hybridized carbons (Fsp3) is 0.154. The number of rotatable bonds is 4. The summed E-state index contributed by atoms with van der Waals surface area (Å²) in [5, 5.41) is 16.6. The minimum absolute atomic E-state index is 0.107. The molecule has 1 unspecified atom stereocenters. The van der Waals surface area contributed by atoms with Gasteiger partial charge in [0.25, 0.3) is 0 Å². The molecule has 0 spiro atoms. The Bertz CT molecular complexity index is 528. The molecular weight excluding hydrogens is 235 g/mol. The summed E-state index contributed by atoms with van der Waals surface area (Å²) in [5.41, 5.74) is 1.27. The van der Waals surface area contributed by atoms with E-state index in [1.165, 1.54) is 18.3 Å². The predicted molar refractivity (Wildman–Crippen MR) is 62.5 cm³/mol. The highest BCUT2D eigenvalue weighted by molar-refractivity contribution is 5.68. The van der Waals surface area contributed by atoms with E-state index in [-0.39, 0.29) is 12.2 Å². The largest absolute Gasteiger partial charge is 0.481 e. The molecule has 1 heterocycles. The van der Waals surface area contributed by atoms with Crippen molar-refractivity contribution in [3.8, 4) is 0 Å². The van der Waals surface area contributed by atoms with Gasteiger partial charge in [0.15, 0.2) is 0 Å². The van der Waals surface area contributed by atoms with Crippen LogP contribution in [0.4, 0.5) is 4.39 Å². The smallest absolute Gasteiger partial charge is 0.304 e. The summed E-state index contributed by atoms with van der Waals surface area (Å²) in [5.74, 6) is -1.71. The second-order valence-corrected chi connectivity index (χ2v) is 3.85. The van der Waals surface area contributed by atoms with E-state index < -0.39 is 11.9 Å². The average molecular weight is 246 g/mol. The Kier molecular flexibility index (Phi) is 3.62. The van der Waals surface area contributed by atoms with Crippen molar-refractivity contribution in [1.82, 2.24) is 10.2 Å². The summed E-state index contributed by atoms with van der Waals surface area (Å²) >= 11 is 0. The number of aliphatic carboxylic acids is 1. The number of carbonyl (C=O) groups is 1. The third-order valence-corrected chi connectivity index (χ3v) is 2.60. The molecule has 0 saturated heterocycles. The Morgan fingerprint density at radius 2 is 2.00 bits per heavy atom. The fourth-order valence-corrected chi connectivity index (χ4v) is 1.76. The zero-order chi connectivity index (χ0) is 13.0. The first kappa shape index (κ1) is 12.2. The van der Waals surface area contributed by atoms with Crippen LogP contribution in [0.2, 0.25) is 0 Å². The van der Waals surface area contributed by atoms with Crippen molar-refractivity contribution < 1.29 is 14.3 Å². The number of benzene rings is 1. The Morgan fingerprint density at radius 1 is 1.28 bits per heavy atom. The second kappa shape index (κ2) is 5.35. The van der Waals surface area contributed by atoms with Crippen LogP contribution in [-0.2, 0) is 4.79 Å². The summed E-state index contributed by atoms with van der Waals surface area (Å²) in [7, 11) is 0. The molecule has 1 atom stereocenters. The standard InChI is InChI=1S/C13H11FN2O2/c14-10-5-3-9(4-6-10)11(8-13(17)18)12-2-1-7-15-16-12/h1-7,11H,8H2,(H,17,18). The average Bonchev–Trinajstić information content (AvgIpc) is 2.38. The van der Waals surface area contributed by atoms with Crippen LogP contribution in [0.25, 0.3) is 0 Å². The van der Waals surface area contributed by atoms with E-state index in [1.807, 2.05) is 0 Å². The molecular formula is C13H11FN2O2. The van der Waals surface area contributed by atoms with Crippen molar-refractivity contribution >= 4 is 5.97 Å². The van der Waals surface area contributed by atoms with Gasteiger partial charge in [-0.25, -0.2) is 4.39 Å². The molecule has 4 nitrogen and oxygen atoms in total. The van der Waals surface area contributed by atoms with Gasteiger partial charge in [-0.3, -0.25) is 4.79 Å². The highest BCUT2D eigenvalue weighted by atomic mass is 19.1. The van der Waals surface area contributed by atoms with Gasteiger partial charge in [-0.05, 0) is 29.8 Å². The Hall–Kier alpha value is -2.30. The van der Waals surface area contributed by atoms with Crippen molar-refractivity contribution in [1.29, 1.82) is 0 Å². The Morgan fingerprint density at radius 3 is 2.56 bits per heavy atom. The van der Waals surface area contributed by atoms with E-state index in [2.05, 4.69) is 10.2 Å². The minimum Gasteiger partial charge on any atom is -0.481 e. The van der Waals surface area contributed by atoms with Crippen molar-refractivity contribution in [2.75, 3.05) is 0 Å². The molecule has 1 aromatic heterocycles. The first-order valence-electron chi connectivity index (χ1n) is 5.41. The lowest BCUT2D eigenvalue weighted by molar-refractivity contribution is -0.137. The lowest BCUT2D eigenvalue weighted by Gasteiger charge is -2.13. The van der Waals surface area contributed by atoms with Crippen LogP contribution in [0.1, 0.15) is 23.6 Å². The fourth-order valence-electron chi connectivity index (χ4n) is 1.76. The van der Waals surface area contributed by atoms with Crippen molar-refractivity contribution in [3.63, 3.8) is 0 Å². The van der Waals surface area contributed by atoms with Gasteiger partial charge in [-0.2, -0.15) is 10.2 Å². The topological polar surface area (TPSA) is 63.1 Å². The summed E-state index contributed by atoms with van der Waals surface area (Å²) in [6.07, 6.45) is 1.41. The zero-order valence-electron chi connectivity index (χ0n) is 9.45. The summed E-state index contributed by atoms with van der Waals surface area (Å²) in [6.45, 7) is 0. The quantitative estimate of drug-likeness (QED) is 0.898. The number of carboxylic acid groups (broad SMARTS) is 1. The number of nitrogens with zero attached hydrogens (tertiary/aromatic N) is 2. The van der Waals surface area contributed by atoms with Crippen LogP contribution < -0.4 is 0 Å². The van der Waals surface area contributed by atoms with Crippen LogP contribution in [0.15, 0.2) is 42.6 Å². The monoisotopic (exact) mass is 246 g/mol. The zero-order valence-corrected chi connectivity index (χ0v) is 9.45. The summed E-state index contributed by atoms with van der Waals surface area (Å²) in [6, 6.07) is 9.15. The number of hydrogen-bond donors (Lipinski definition) is 1. The normalized spacial score (nSPS) is 12.1. The van der Waals surface area contributed by atoms with Gasteiger partial charge >= 0.3 is 5.97 Å². The molecule has 1 aromatic carbocycles. The number of aromatic nitrogens is 2. The molecule has 2 rings (SSSR count). The van der Waals surface area contributed by atoms with E-state index in [9.17, 15) is 9.18 Å². The lowest BCUT2D eigenvalue weighted by atomic mass is 9.92. The third-order valence-electron chi connectivity index (χ3n) is 2.60. The van der Waals surface area contributed by atoms with Gasteiger partial charge in [0.1, 0.15) is 5.82 Å². The highest BCUT2D eigenvalue weighted by Gasteiger charge is 2.19. The van der Waals surface area contributed by atoms with Crippen molar-refractivity contribution in [2.45, 2.75) is 12.3 Å². The maximum Gasteiger partial charge on any atom is 0.304 e. The lowest BCUT2D eigenvalue weighted by Crippen LogP contribution is -2.10. The van der Waals surface area contributed by atoms with Gasteiger partial charge in [-0.15, -0.1) is 0 Å². The number of hydrogen-bond acceptors (Lipinski definition) is 3. The molecule has 2 aromatic rings. The molecule has 0 fully saturated rings. The van der Waals surface area contributed by atoms with Crippen molar-refractivity contribution in [3.05, 3.63) is 59.7 Å². The van der Waals surface area contributed by atoms with E-state index in [0.717, 1.165) is 0 Å². The molecule has 0 amide bonds. The molecule has 0 radical (unpaired) electrons. The summed E-state index contributed by atoms with van der Waals surface area (Å²) in [4.78, 5) is 10.9. The molecule has 0 saturated carbocycles. The highest BCUT2D eigenvalue weighted by Crippen LogP contribution is 2.26. The van der Waals surface area contributed by atoms with E-state index >= 15 is 0 Å². The van der Waals surface area contributed by atoms with E-state index in [1.54, 1.807) is 24.3 Å². The first-order chi connectivity index (χ1) is 8.66. The van der Waals surface area contributed by atoms with Gasteiger partial charge in [0, 0.05) is 12.1 Å². The number of halogens is 1. The molecule has 0 aliphatic rings. The molecule has 92 valence electrons. The van der Waals surface area contributed by atoms with Crippen LogP contribution in [0.5, 0.6) is 0 Å².